The summed E-state index contributed by atoms with van der Waals surface area (Å²) in [5, 5.41) is 0.860. The molecule has 5 rings (SSSR count). The predicted molar refractivity (Wildman–Crippen MR) is 135 cm³/mol. The number of benzene rings is 3. The number of alkyl halides is 3. The topological polar surface area (TPSA) is 45.7 Å². The average molecular weight is 506 g/mol. The van der Waals surface area contributed by atoms with E-state index in [4.69, 9.17) is 4.74 Å². The highest BCUT2D eigenvalue weighted by atomic mass is 19.4. The van der Waals surface area contributed by atoms with E-state index < -0.39 is 11.7 Å². The molecule has 0 atom stereocenters. The molecule has 0 N–H and O–H groups in total. The Morgan fingerprint density at radius 3 is 2.30 bits per heavy atom. The highest BCUT2D eigenvalue weighted by Crippen LogP contribution is 2.29. The van der Waals surface area contributed by atoms with Gasteiger partial charge in [0.05, 0.1) is 16.6 Å². The van der Waals surface area contributed by atoms with Crippen molar-refractivity contribution in [3.05, 3.63) is 107 Å². The molecule has 1 amide bonds. The van der Waals surface area contributed by atoms with Crippen molar-refractivity contribution < 1.29 is 22.7 Å². The van der Waals surface area contributed by atoms with Gasteiger partial charge in [-0.15, -0.1) is 0 Å². The molecule has 37 heavy (non-hydrogen) atoms. The first-order valence-corrected chi connectivity index (χ1v) is 12.1. The fraction of sp³-hybridized carbons (Fsp3) is 0.241. The van der Waals surface area contributed by atoms with Crippen molar-refractivity contribution in [2.45, 2.75) is 19.3 Å². The fourth-order valence-electron chi connectivity index (χ4n) is 4.40. The van der Waals surface area contributed by atoms with Gasteiger partial charge in [0.1, 0.15) is 12.4 Å². The van der Waals surface area contributed by atoms with Crippen molar-refractivity contribution in [3.63, 3.8) is 0 Å². The summed E-state index contributed by atoms with van der Waals surface area (Å²) in [6, 6.07) is 22.7. The van der Waals surface area contributed by atoms with E-state index >= 15 is 0 Å². The third kappa shape index (κ3) is 6.09. The largest absolute Gasteiger partial charge is 0.489 e. The molecule has 2 heterocycles. The van der Waals surface area contributed by atoms with Crippen LogP contribution in [0.4, 0.5) is 13.2 Å². The first-order chi connectivity index (χ1) is 17.8. The number of nitrogens with zero attached hydrogens (tertiary/aromatic N) is 3. The summed E-state index contributed by atoms with van der Waals surface area (Å²) in [7, 11) is 0. The summed E-state index contributed by atoms with van der Waals surface area (Å²) >= 11 is 0. The third-order valence-electron chi connectivity index (χ3n) is 6.50. The van der Waals surface area contributed by atoms with Crippen molar-refractivity contribution in [1.82, 2.24) is 14.8 Å². The van der Waals surface area contributed by atoms with E-state index in [2.05, 4.69) is 9.88 Å². The molecule has 0 aliphatic carbocycles. The molecular formula is C29H26F3N3O2. The smallest absolute Gasteiger partial charge is 0.416 e. The number of carbonyl (C=O) groups excluding carboxylic acids is 1. The molecule has 190 valence electrons. The maximum atomic E-state index is 13.1. The van der Waals surface area contributed by atoms with Crippen molar-refractivity contribution in [3.8, 4) is 5.75 Å². The van der Waals surface area contributed by atoms with Gasteiger partial charge in [0.15, 0.2) is 0 Å². The van der Waals surface area contributed by atoms with Crippen LogP contribution in [0.5, 0.6) is 5.75 Å². The summed E-state index contributed by atoms with van der Waals surface area (Å²) in [6.45, 7) is 3.40. The zero-order valence-corrected chi connectivity index (χ0v) is 20.1. The Hall–Kier alpha value is -3.91. The second kappa shape index (κ2) is 10.6. The number of hydrogen-bond acceptors (Lipinski definition) is 4. The maximum absolute atomic E-state index is 13.1. The predicted octanol–water partition coefficient (Wildman–Crippen LogP) is 5.79. The standard InChI is InChI=1S/C29H26F3N3O2/c30-29(31,32)25-9-6-21(7-10-25)19-34-12-14-35(15-13-34)28(36)24-16-23-8-11-26(17-27(23)33-18-24)37-20-22-4-2-1-3-5-22/h1-11,16-18H,12-15,19-20H2. The number of ether oxygens (including phenoxy) is 1. The summed E-state index contributed by atoms with van der Waals surface area (Å²) in [5.41, 5.74) is 2.53. The minimum absolute atomic E-state index is 0.0759. The molecule has 0 unspecified atom stereocenters. The van der Waals surface area contributed by atoms with E-state index in [0.717, 1.165) is 34.2 Å². The van der Waals surface area contributed by atoms with Crippen LogP contribution < -0.4 is 4.74 Å². The molecule has 1 aliphatic rings. The second-order valence-corrected chi connectivity index (χ2v) is 9.12. The van der Waals surface area contributed by atoms with E-state index in [0.29, 0.717) is 50.6 Å². The van der Waals surface area contributed by atoms with Gasteiger partial charge < -0.3 is 9.64 Å². The van der Waals surface area contributed by atoms with Gasteiger partial charge in [-0.1, -0.05) is 42.5 Å². The van der Waals surface area contributed by atoms with Crippen LogP contribution in [-0.2, 0) is 19.3 Å². The van der Waals surface area contributed by atoms with Crippen LogP contribution in [0.2, 0.25) is 0 Å². The van der Waals surface area contributed by atoms with E-state index in [-0.39, 0.29) is 5.91 Å². The van der Waals surface area contributed by atoms with Gasteiger partial charge in [-0.2, -0.15) is 13.2 Å². The first-order valence-electron chi connectivity index (χ1n) is 12.1. The van der Waals surface area contributed by atoms with Crippen molar-refractivity contribution >= 4 is 16.8 Å². The molecule has 1 aliphatic heterocycles. The van der Waals surface area contributed by atoms with Gasteiger partial charge in [-0.25, -0.2) is 0 Å². The van der Waals surface area contributed by atoms with E-state index in [9.17, 15) is 18.0 Å². The summed E-state index contributed by atoms with van der Waals surface area (Å²) in [6.07, 6.45) is -2.74. The molecule has 0 radical (unpaired) electrons. The number of hydrogen-bond donors (Lipinski definition) is 0. The minimum Gasteiger partial charge on any atom is -0.489 e. The van der Waals surface area contributed by atoms with Crippen LogP contribution in [0.3, 0.4) is 0 Å². The van der Waals surface area contributed by atoms with Crippen molar-refractivity contribution in [1.29, 1.82) is 0 Å². The van der Waals surface area contributed by atoms with Crippen LogP contribution in [0.25, 0.3) is 10.9 Å². The Labute approximate surface area is 213 Å². The number of rotatable bonds is 6. The van der Waals surface area contributed by atoms with Gasteiger partial charge >= 0.3 is 6.18 Å². The van der Waals surface area contributed by atoms with E-state index in [1.54, 1.807) is 11.1 Å². The van der Waals surface area contributed by atoms with Gasteiger partial charge in [0.2, 0.25) is 0 Å². The molecule has 1 saturated heterocycles. The number of carbonyl (C=O) groups is 1. The van der Waals surface area contributed by atoms with Crippen LogP contribution >= 0.6 is 0 Å². The number of fused-ring (bicyclic) bond motifs is 1. The first kappa shape index (κ1) is 24.8. The quantitative estimate of drug-likeness (QED) is 0.333. The highest BCUT2D eigenvalue weighted by Gasteiger charge is 2.30. The lowest BCUT2D eigenvalue weighted by molar-refractivity contribution is -0.137. The van der Waals surface area contributed by atoms with Crippen LogP contribution in [0, 0.1) is 0 Å². The van der Waals surface area contributed by atoms with E-state index in [1.165, 1.54) is 12.1 Å². The lowest BCUT2D eigenvalue weighted by Gasteiger charge is -2.34. The van der Waals surface area contributed by atoms with Crippen molar-refractivity contribution in [2.24, 2.45) is 0 Å². The third-order valence-corrected chi connectivity index (χ3v) is 6.50. The molecule has 5 nitrogen and oxygen atoms in total. The minimum atomic E-state index is -4.33. The number of pyridine rings is 1. The summed E-state index contributed by atoms with van der Waals surface area (Å²) in [5.74, 6) is 0.639. The molecule has 0 bridgehead atoms. The summed E-state index contributed by atoms with van der Waals surface area (Å²) in [4.78, 5) is 21.5. The lowest BCUT2D eigenvalue weighted by Crippen LogP contribution is -2.48. The van der Waals surface area contributed by atoms with Gasteiger partial charge in [0, 0.05) is 50.4 Å². The Bertz CT molecular complexity index is 1370. The number of aromatic nitrogens is 1. The molecule has 0 saturated carbocycles. The Balaban J connectivity index is 1.16. The van der Waals surface area contributed by atoms with Crippen LogP contribution in [0.15, 0.2) is 85.1 Å². The number of piperazine rings is 1. The molecule has 4 aromatic rings. The second-order valence-electron chi connectivity index (χ2n) is 9.12. The molecule has 0 spiro atoms. The molecule has 3 aromatic carbocycles. The lowest BCUT2D eigenvalue weighted by atomic mass is 10.1. The zero-order valence-electron chi connectivity index (χ0n) is 20.1. The van der Waals surface area contributed by atoms with Gasteiger partial charge in [-0.05, 0) is 41.5 Å². The SMILES string of the molecule is O=C(c1cnc2cc(OCc3ccccc3)ccc2c1)N1CCN(Cc2ccc(C(F)(F)F)cc2)CC1. The zero-order chi connectivity index (χ0) is 25.8. The molecule has 1 aromatic heterocycles. The normalized spacial score (nSPS) is 14.6. The Morgan fingerprint density at radius 1 is 0.865 bits per heavy atom. The number of halogens is 3. The summed E-state index contributed by atoms with van der Waals surface area (Å²) < 4.78 is 44.2. The molecular weight excluding hydrogens is 479 g/mol. The Kier molecular flexibility index (Phi) is 7.10. The average Bonchev–Trinajstić information content (AvgIpc) is 2.92. The Morgan fingerprint density at radius 2 is 1.59 bits per heavy atom. The fourth-order valence-corrected chi connectivity index (χ4v) is 4.40. The highest BCUT2D eigenvalue weighted by molar-refractivity contribution is 5.97. The molecule has 1 fully saturated rings. The number of amides is 1. The van der Waals surface area contributed by atoms with Gasteiger partial charge in [-0.3, -0.25) is 14.7 Å². The van der Waals surface area contributed by atoms with Crippen molar-refractivity contribution in [2.75, 3.05) is 26.2 Å². The monoisotopic (exact) mass is 505 g/mol. The van der Waals surface area contributed by atoms with Crippen LogP contribution in [0.1, 0.15) is 27.0 Å². The van der Waals surface area contributed by atoms with Crippen LogP contribution in [-0.4, -0.2) is 46.9 Å². The maximum Gasteiger partial charge on any atom is 0.416 e. The van der Waals surface area contributed by atoms with E-state index in [1.807, 2.05) is 54.6 Å². The van der Waals surface area contributed by atoms with Gasteiger partial charge in [0.25, 0.3) is 5.91 Å². The molecule has 8 heteroatoms.